The Morgan fingerprint density at radius 2 is 2.06 bits per heavy atom. The second-order valence-corrected chi connectivity index (χ2v) is 7.02. The molecule has 4 atom stereocenters. The lowest BCUT2D eigenvalue weighted by Gasteiger charge is -2.40. The van der Waals surface area contributed by atoms with Crippen molar-refractivity contribution in [2.45, 2.75) is 25.3 Å². The third kappa shape index (κ3) is 2.43. The summed E-state index contributed by atoms with van der Waals surface area (Å²) in [5, 5.41) is 0. The van der Waals surface area contributed by atoms with Crippen molar-refractivity contribution in [3.63, 3.8) is 0 Å². The maximum atomic E-state index is 12.3. The van der Waals surface area contributed by atoms with Crippen LogP contribution in [0.5, 0.6) is 0 Å². The standard InChI is InChI=1S/C11H19O5P/c1-8-4-5-15-11-10(8)6-9(7-16-11)17(12,13-2)14-3/h4-5,8-11H,6-7H2,1-3H3/t8-,9?,10-,11+/m0/s1. The molecule has 1 unspecified atom stereocenters. The molecule has 2 aliphatic heterocycles. The topological polar surface area (TPSA) is 54.0 Å². The van der Waals surface area contributed by atoms with E-state index in [1.54, 1.807) is 6.26 Å². The van der Waals surface area contributed by atoms with Crippen molar-refractivity contribution >= 4 is 7.60 Å². The number of hydrogen-bond donors (Lipinski definition) is 0. The first kappa shape index (κ1) is 13.1. The summed E-state index contributed by atoms with van der Waals surface area (Å²) in [6, 6.07) is 0. The van der Waals surface area contributed by atoms with Crippen LogP contribution < -0.4 is 0 Å². The van der Waals surface area contributed by atoms with E-state index in [9.17, 15) is 4.57 Å². The Morgan fingerprint density at radius 3 is 2.71 bits per heavy atom. The fourth-order valence-corrected chi connectivity index (χ4v) is 3.92. The molecule has 0 aliphatic carbocycles. The number of hydrogen-bond acceptors (Lipinski definition) is 5. The molecule has 2 aliphatic rings. The highest BCUT2D eigenvalue weighted by molar-refractivity contribution is 7.54. The highest BCUT2D eigenvalue weighted by Crippen LogP contribution is 2.56. The van der Waals surface area contributed by atoms with Crippen LogP contribution in [0.3, 0.4) is 0 Å². The van der Waals surface area contributed by atoms with E-state index in [1.165, 1.54) is 14.2 Å². The van der Waals surface area contributed by atoms with Gasteiger partial charge in [0, 0.05) is 20.1 Å². The number of ether oxygens (including phenoxy) is 2. The van der Waals surface area contributed by atoms with Crippen LogP contribution in [0.1, 0.15) is 13.3 Å². The van der Waals surface area contributed by atoms with Gasteiger partial charge in [-0.1, -0.05) is 6.92 Å². The number of allylic oxidation sites excluding steroid dienone is 1. The van der Waals surface area contributed by atoms with Crippen LogP contribution >= 0.6 is 7.60 Å². The summed E-state index contributed by atoms with van der Waals surface area (Å²) in [5.74, 6) is 0.552. The lowest BCUT2D eigenvalue weighted by Crippen LogP contribution is -2.42. The average Bonchev–Trinajstić information content (AvgIpc) is 2.38. The van der Waals surface area contributed by atoms with Gasteiger partial charge in [0.15, 0.2) is 0 Å². The van der Waals surface area contributed by atoms with Gasteiger partial charge < -0.3 is 18.5 Å². The summed E-state index contributed by atoms with van der Waals surface area (Å²) in [7, 11) is -0.224. The zero-order chi connectivity index (χ0) is 12.5. The molecule has 1 fully saturated rings. The molecule has 2 heterocycles. The lowest BCUT2D eigenvalue weighted by molar-refractivity contribution is -0.178. The van der Waals surface area contributed by atoms with Gasteiger partial charge in [-0.05, 0) is 18.4 Å². The minimum absolute atomic E-state index is 0.206. The second kappa shape index (κ2) is 5.11. The van der Waals surface area contributed by atoms with Crippen LogP contribution in [-0.4, -0.2) is 32.8 Å². The first-order chi connectivity index (χ1) is 8.10. The molecule has 6 heteroatoms. The van der Waals surface area contributed by atoms with Crippen molar-refractivity contribution in [2.75, 3.05) is 20.8 Å². The Bertz CT molecular complexity index is 335. The summed E-state index contributed by atoms with van der Waals surface area (Å²) < 4.78 is 33.4. The Balaban J connectivity index is 2.11. The summed E-state index contributed by atoms with van der Waals surface area (Å²) >= 11 is 0. The molecule has 2 rings (SSSR count). The molecule has 0 amide bonds. The van der Waals surface area contributed by atoms with Crippen molar-refractivity contribution in [3.8, 4) is 0 Å². The molecule has 0 aromatic heterocycles. The van der Waals surface area contributed by atoms with E-state index in [-0.39, 0.29) is 17.9 Å². The molecular formula is C11H19O5P. The molecule has 5 nitrogen and oxygen atoms in total. The highest BCUT2D eigenvalue weighted by Gasteiger charge is 2.44. The Hall–Kier alpha value is -0.350. The van der Waals surface area contributed by atoms with E-state index in [2.05, 4.69) is 6.92 Å². The molecule has 0 aromatic carbocycles. The molecule has 98 valence electrons. The van der Waals surface area contributed by atoms with E-state index in [0.717, 1.165) is 6.42 Å². The van der Waals surface area contributed by atoms with Gasteiger partial charge in [-0.25, -0.2) is 0 Å². The monoisotopic (exact) mass is 262 g/mol. The molecule has 1 saturated heterocycles. The van der Waals surface area contributed by atoms with E-state index in [0.29, 0.717) is 12.5 Å². The van der Waals surface area contributed by atoms with Gasteiger partial charge in [0.2, 0.25) is 6.29 Å². The Morgan fingerprint density at radius 1 is 1.35 bits per heavy atom. The zero-order valence-corrected chi connectivity index (χ0v) is 11.3. The SMILES string of the molecule is COP(=O)(OC)C1CO[C@H]2OC=C[C@H](C)[C@@H]2C1. The summed E-state index contributed by atoms with van der Waals surface area (Å²) in [6.45, 7) is 2.45. The van der Waals surface area contributed by atoms with E-state index < -0.39 is 7.60 Å². The van der Waals surface area contributed by atoms with E-state index in [4.69, 9.17) is 18.5 Å². The van der Waals surface area contributed by atoms with Gasteiger partial charge in [-0.2, -0.15) is 0 Å². The van der Waals surface area contributed by atoms with Gasteiger partial charge in [-0.15, -0.1) is 0 Å². The highest BCUT2D eigenvalue weighted by atomic mass is 31.2. The third-order valence-electron chi connectivity index (χ3n) is 3.57. The van der Waals surface area contributed by atoms with E-state index in [1.807, 2.05) is 6.08 Å². The van der Waals surface area contributed by atoms with Crippen molar-refractivity contribution in [1.82, 2.24) is 0 Å². The van der Waals surface area contributed by atoms with Gasteiger partial charge in [0.05, 0.1) is 18.5 Å². The van der Waals surface area contributed by atoms with Gasteiger partial charge >= 0.3 is 7.60 Å². The number of rotatable bonds is 3. The largest absolute Gasteiger partial charge is 0.473 e. The fraction of sp³-hybridized carbons (Fsp3) is 0.818. The summed E-state index contributed by atoms with van der Waals surface area (Å²) in [5.41, 5.74) is -0.212. The Kier molecular flexibility index (Phi) is 3.93. The predicted molar refractivity (Wildman–Crippen MR) is 62.6 cm³/mol. The molecular weight excluding hydrogens is 243 g/mol. The van der Waals surface area contributed by atoms with Crippen LogP contribution in [0.4, 0.5) is 0 Å². The van der Waals surface area contributed by atoms with Gasteiger partial charge in [0.25, 0.3) is 0 Å². The lowest BCUT2D eigenvalue weighted by atomic mass is 9.86. The van der Waals surface area contributed by atoms with Crippen molar-refractivity contribution in [2.24, 2.45) is 11.8 Å². The van der Waals surface area contributed by atoms with Crippen LogP contribution in [0.2, 0.25) is 0 Å². The smallest absolute Gasteiger partial charge is 0.335 e. The molecule has 0 spiro atoms. The molecule has 0 bridgehead atoms. The minimum Gasteiger partial charge on any atom is -0.473 e. The van der Waals surface area contributed by atoms with Gasteiger partial charge in [-0.3, -0.25) is 4.57 Å². The summed E-state index contributed by atoms with van der Waals surface area (Å²) in [6.07, 6.45) is 4.18. The third-order valence-corrected chi connectivity index (χ3v) is 5.85. The quantitative estimate of drug-likeness (QED) is 0.731. The van der Waals surface area contributed by atoms with Crippen molar-refractivity contribution in [3.05, 3.63) is 12.3 Å². The molecule has 17 heavy (non-hydrogen) atoms. The first-order valence-electron chi connectivity index (χ1n) is 5.75. The minimum atomic E-state index is -3.05. The van der Waals surface area contributed by atoms with Crippen molar-refractivity contribution < 1.29 is 23.1 Å². The van der Waals surface area contributed by atoms with Gasteiger partial charge in [0.1, 0.15) is 0 Å². The van der Waals surface area contributed by atoms with E-state index >= 15 is 0 Å². The molecule has 0 N–H and O–H groups in total. The molecule has 0 saturated carbocycles. The maximum Gasteiger partial charge on any atom is 0.335 e. The fourth-order valence-electron chi connectivity index (χ4n) is 2.41. The molecule has 0 aromatic rings. The zero-order valence-electron chi connectivity index (χ0n) is 10.4. The normalized spacial score (nSPS) is 37.4. The number of fused-ring (bicyclic) bond motifs is 1. The van der Waals surface area contributed by atoms with Crippen LogP contribution in [0.15, 0.2) is 12.3 Å². The van der Waals surface area contributed by atoms with Crippen LogP contribution in [0, 0.1) is 11.8 Å². The first-order valence-corrected chi connectivity index (χ1v) is 7.37. The maximum absolute atomic E-state index is 12.3. The summed E-state index contributed by atoms with van der Waals surface area (Å²) in [4.78, 5) is 0. The van der Waals surface area contributed by atoms with Crippen LogP contribution in [-0.2, 0) is 23.1 Å². The average molecular weight is 262 g/mol. The van der Waals surface area contributed by atoms with Crippen LogP contribution in [0.25, 0.3) is 0 Å². The second-order valence-electron chi connectivity index (χ2n) is 4.48. The van der Waals surface area contributed by atoms with Crippen molar-refractivity contribution in [1.29, 1.82) is 0 Å². The predicted octanol–water partition coefficient (Wildman–Crippen LogP) is 2.38. The Labute approximate surface area is 102 Å². The molecule has 0 radical (unpaired) electrons.